The van der Waals surface area contributed by atoms with Gasteiger partial charge in [0.15, 0.2) is 5.69 Å². The van der Waals surface area contributed by atoms with E-state index in [0.29, 0.717) is 57.1 Å². The number of rotatable bonds is 5. The molecule has 1 aromatic rings. The van der Waals surface area contributed by atoms with E-state index in [9.17, 15) is 13.2 Å². The van der Waals surface area contributed by atoms with Crippen LogP contribution >= 0.6 is 0 Å². The van der Waals surface area contributed by atoms with Gasteiger partial charge in [0, 0.05) is 50.2 Å². The highest BCUT2D eigenvalue weighted by Gasteiger charge is 2.38. The molecule has 2 atom stereocenters. The number of nitrogens with two attached hydrogens (primary N) is 1. The summed E-state index contributed by atoms with van der Waals surface area (Å²) in [6.07, 6.45) is 4.14. The van der Waals surface area contributed by atoms with Crippen LogP contribution in [0.1, 0.15) is 61.2 Å². The van der Waals surface area contributed by atoms with Gasteiger partial charge in [-0.2, -0.15) is 17.0 Å². The van der Waals surface area contributed by atoms with E-state index >= 15 is 0 Å². The molecule has 2 saturated heterocycles. The lowest BCUT2D eigenvalue weighted by atomic mass is 9.95. The van der Waals surface area contributed by atoms with Crippen molar-refractivity contribution in [2.45, 2.75) is 57.0 Å². The maximum atomic E-state index is 12.9. The number of aromatic nitrogens is 1. The number of piperidine rings is 2. The van der Waals surface area contributed by atoms with Crippen LogP contribution in [0.15, 0.2) is 10.6 Å². The topological polar surface area (TPSA) is 122 Å². The summed E-state index contributed by atoms with van der Waals surface area (Å²) in [5.41, 5.74) is 6.19. The second-order valence-corrected chi connectivity index (χ2v) is 10.3. The van der Waals surface area contributed by atoms with Crippen LogP contribution in [-0.4, -0.2) is 66.4 Å². The average molecular weight is 412 g/mol. The second-order valence-electron chi connectivity index (χ2n) is 8.34. The summed E-state index contributed by atoms with van der Waals surface area (Å²) in [7, 11) is -3.47. The molecule has 3 heterocycles. The Morgan fingerprint density at radius 2 is 1.86 bits per heavy atom. The Kier molecular flexibility index (Phi) is 5.47. The van der Waals surface area contributed by atoms with E-state index in [0.717, 1.165) is 18.6 Å². The minimum Gasteiger partial charge on any atom is -0.360 e. The molecule has 28 heavy (non-hydrogen) atoms. The fraction of sp³-hybridized carbons (Fsp3) is 0.778. The number of carbonyl (C=O) groups excluding carboxylic acids is 1. The number of nitrogens with one attached hydrogen (secondary N) is 1. The summed E-state index contributed by atoms with van der Waals surface area (Å²) >= 11 is 0. The number of hydrogen-bond donors (Lipinski definition) is 2. The zero-order valence-corrected chi connectivity index (χ0v) is 17.0. The summed E-state index contributed by atoms with van der Waals surface area (Å²) in [4.78, 5) is 12.5. The number of carbonyl (C=O) groups is 1. The van der Waals surface area contributed by atoms with Crippen LogP contribution in [0, 0.1) is 5.92 Å². The summed E-state index contributed by atoms with van der Waals surface area (Å²) in [6, 6.07) is 1.72. The zero-order valence-electron chi connectivity index (χ0n) is 16.2. The fourth-order valence-corrected chi connectivity index (χ4v) is 5.76. The molecule has 0 unspecified atom stereocenters. The van der Waals surface area contributed by atoms with E-state index in [2.05, 4.69) is 10.5 Å². The van der Waals surface area contributed by atoms with Gasteiger partial charge in [-0.05, 0) is 38.0 Å². The van der Waals surface area contributed by atoms with Gasteiger partial charge in [-0.25, -0.2) is 0 Å². The third kappa shape index (κ3) is 4.10. The first-order chi connectivity index (χ1) is 13.3. The molecule has 1 aliphatic carbocycles. The van der Waals surface area contributed by atoms with Crippen LogP contribution in [0.25, 0.3) is 0 Å². The molecule has 156 valence electrons. The first-order valence-corrected chi connectivity index (χ1v) is 11.5. The highest BCUT2D eigenvalue weighted by Crippen LogP contribution is 2.40. The number of amides is 1. The van der Waals surface area contributed by atoms with Gasteiger partial charge in [0.2, 0.25) is 0 Å². The predicted octanol–water partition coefficient (Wildman–Crippen LogP) is 0.660. The molecule has 1 aromatic heterocycles. The van der Waals surface area contributed by atoms with Crippen molar-refractivity contribution in [3.8, 4) is 0 Å². The molecule has 0 bridgehead atoms. The monoisotopic (exact) mass is 411 g/mol. The second kappa shape index (κ2) is 7.74. The first kappa shape index (κ1) is 19.8. The van der Waals surface area contributed by atoms with Crippen molar-refractivity contribution < 1.29 is 17.7 Å². The predicted molar refractivity (Wildman–Crippen MR) is 103 cm³/mol. The lowest BCUT2D eigenvalue weighted by Gasteiger charge is -2.40. The molecule has 3 N–H and O–H groups in total. The smallest absolute Gasteiger partial charge is 0.281 e. The zero-order chi connectivity index (χ0) is 19.9. The first-order valence-electron chi connectivity index (χ1n) is 10.1. The van der Waals surface area contributed by atoms with E-state index in [-0.39, 0.29) is 23.9 Å². The van der Waals surface area contributed by atoms with Crippen LogP contribution in [0.3, 0.4) is 0 Å². The largest absolute Gasteiger partial charge is 0.360 e. The molecule has 2 aliphatic heterocycles. The van der Waals surface area contributed by atoms with E-state index in [4.69, 9.17) is 10.3 Å². The lowest BCUT2D eigenvalue weighted by Crippen LogP contribution is -2.56. The van der Waals surface area contributed by atoms with Crippen LogP contribution in [0.4, 0.5) is 0 Å². The number of hydrogen-bond acceptors (Lipinski definition) is 6. The fourth-order valence-electron chi connectivity index (χ4n) is 4.00. The molecule has 0 aromatic carbocycles. The average Bonchev–Trinajstić information content (AvgIpc) is 3.40. The summed E-state index contributed by atoms with van der Waals surface area (Å²) < 4.78 is 34.2. The molecule has 0 radical (unpaired) electrons. The molecule has 9 nitrogen and oxygen atoms in total. The number of nitrogens with zero attached hydrogens (tertiary/aromatic N) is 3. The highest BCUT2D eigenvalue weighted by molar-refractivity contribution is 7.86. The molecule has 1 amide bonds. The lowest BCUT2D eigenvalue weighted by molar-refractivity contribution is 0.0890. The van der Waals surface area contributed by atoms with Crippen molar-refractivity contribution in [3.05, 3.63) is 17.5 Å². The van der Waals surface area contributed by atoms with Gasteiger partial charge < -0.3 is 15.6 Å². The van der Waals surface area contributed by atoms with Gasteiger partial charge in [0.25, 0.3) is 16.1 Å². The minimum atomic E-state index is -3.47. The summed E-state index contributed by atoms with van der Waals surface area (Å²) in [6.45, 7) is 3.71. The van der Waals surface area contributed by atoms with Crippen LogP contribution < -0.4 is 11.1 Å². The van der Waals surface area contributed by atoms with Gasteiger partial charge >= 0.3 is 0 Å². The van der Waals surface area contributed by atoms with Crippen molar-refractivity contribution in [1.82, 2.24) is 19.1 Å². The SMILES string of the molecule is C[C@H]1CN(S(=O)(=O)N2CCC(N)CC2)CC[C@H]1NC(=O)c1cc(C2CC2)on1. The van der Waals surface area contributed by atoms with Crippen molar-refractivity contribution in [2.24, 2.45) is 11.7 Å². The molecule has 3 fully saturated rings. The Labute approximate surface area is 165 Å². The third-order valence-corrected chi connectivity index (χ3v) is 8.08. The van der Waals surface area contributed by atoms with Gasteiger partial charge in [-0.1, -0.05) is 12.1 Å². The molecule has 0 spiro atoms. The van der Waals surface area contributed by atoms with E-state index in [1.54, 1.807) is 10.4 Å². The van der Waals surface area contributed by atoms with Crippen molar-refractivity contribution in [1.29, 1.82) is 0 Å². The van der Waals surface area contributed by atoms with E-state index in [1.165, 1.54) is 4.31 Å². The molecular weight excluding hydrogens is 382 g/mol. The van der Waals surface area contributed by atoms with Gasteiger partial charge in [0.05, 0.1) is 0 Å². The van der Waals surface area contributed by atoms with E-state index in [1.807, 2.05) is 6.92 Å². The summed E-state index contributed by atoms with van der Waals surface area (Å²) in [5, 5.41) is 6.88. The Morgan fingerprint density at radius 3 is 2.50 bits per heavy atom. The Bertz CT molecular complexity index is 814. The maximum Gasteiger partial charge on any atom is 0.281 e. The van der Waals surface area contributed by atoms with Gasteiger partial charge in [-0.15, -0.1) is 0 Å². The molecule has 4 rings (SSSR count). The van der Waals surface area contributed by atoms with E-state index < -0.39 is 10.2 Å². The van der Waals surface area contributed by atoms with Crippen LogP contribution in [0.5, 0.6) is 0 Å². The Balaban J connectivity index is 1.33. The standard InChI is InChI=1S/C18H29N5O4S/c1-12-11-23(28(25,26)22-7-4-14(19)5-8-22)9-6-15(12)20-18(24)16-10-17(27-21-16)13-2-3-13/h10,12-15H,2-9,11,19H2,1H3,(H,20,24)/t12-,15+/m0/s1. The molecule has 3 aliphatic rings. The Morgan fingerprint density at radius 1 is 1.18 bits per heavy atom. The maximum absolute atomic E-state index is 12.9. The minimum absolute atomic E-state index is 0.00864. The van der Waals surface area contributed by atoms with Gasteiger partial charge in [-0.3, -0.25) is 4.79 Å². The van der Waals surface area contributed by atoms with Crippen molar-refractivity contribution in [2.75, 3.05) is 26.2 Å². The molecule has 10 heteroatoms. The molecular formula is C18H29N5O4S. The van der Waals surface area contributed by atoms with Crippen molar-refractivity contribution in [3.63, 3.8) is 0 Å². The molecule has 1 saturated carbocycles. The normalized spacial score (nSPS) is 28.4. The third-order valence-electron chi connectivity index (χ3n) is 6.08. The van der Waals surface area contributed by atoms with Crippen LogP contribution in [-0.2, 0) is 10.2 Å². The van der Waals surface area contributed by atoms with Gasteiger partial charge in [0.1, 0.15) is 5.76 Å². The summed E-state index contributed by atoms with van der Waals surface area (Å²) in [5.74, 6) is 0.939. The highest BCUT2D eigenvalue weighted by atomic mass is 32.2. The quantitative estimate of drug-likeness (QED) is 0.734. The van der Waals surface area contributed by atoms with Crippen LogP contribution in [0.2, 0.25) is 0 Å². The van der Waals surface area contributed by atoms with Crippen molar-refractivity contribution >= 4 is 16.1 Å². The Hall–Kier alpha value is -1.49.